The molecule has 3 nitrogen and oxygen atoms in total. The van der Waals surface area contributed by atoms with Crippen LogP contribution in [0.1, 0.15) is 23.2 Å². The summed E-state index contributed by atoms with van der Waals surface area (Å²) in [5.74, 6) is -1.00. The number of carbonyl (C=O) groups is 1. The van der Waals surface area contributed by atoms with E-state index in [1.54, 1.807) is 4.90 Å². The lowest BCUT2D eigenvalue weighted by molar-refractivity contribution is 0.0699. The molecule has 0 saturated carbocycles. The van der Waals surface area contributed by atoms with Gasteiger partial charge >= 0.3 is 0 Å². The fraction of sp³-hybridized carbons (Fsp3) is 0.385. The second-order valence-corrected chi connectivity index (χ2v) is 5.47. The molecule has 0 radical (unpaired) electrons. The van der Waals surface area contributed by atoms with Gasteiger partial charge in [-0.15, -0.1) is 0 Å². The van der Waals surface area contributed by atoms with Crippen molar-refractivity contribution in [2.24, 2.45) is 11.7 Å². The Morgan fingerprint density at radius 1 is 1.53 bits per heavy atom. The number of likely N-dealkylation sites (tertiary alicyclic amines) is 1. The van der Waals surface area contributed by atoms with E-state index >= 15 is 0 Å². The zero-order chi connectivity index (χ0) is 14.0. The molecule has 1 fully saturated rings. The maximum Gasteiger partial charge on any atom is 0.258 e. The van der Waals surface area contributed by atoms with Crippen LogP contribution in [-0.2, 0) is 0 Å². The lowest BCUT2D eigenvalue weighted by atomic mass is 9.97. The van der Waals surface area contributed by atoms with Crippen LogP contribution in [0.3, 0.4) is 0 Å². The monoisotopic (exact) mass is 300 g/mol. The summed E-state index contributed by atoms with van der Waals surface area (Å²) < 4.78 is 13.7. The first-order chi connectivity index (χ1) is 9.00. The standard InChI is InChI=1S/C13H14ClFN2OS/c14-9-4-1-5-10(15)11(9)13(18)17-6-2-3-8(7-17)12(16)19/h1,4-5,8H,2-3,6-7H2,(H2,16,19). The fourth-order valence-corrected chi connectivity index (χ4v) is 2.69. The van der Waals surface area contributed by atoms with Crippen LogP contribution in [0, 0.1) is 11.7 Å². The van der Waals surface area contributed by atoms with E-state index in [9.17, 15) is 9.18 Å². The third-order valence-electron chi connectivity index (χ3n) is 3.29. The molecule has 1 aliphatic rings. The molecule has 1 atom stereocenters. The highest BCUT2D eigenvalue weighted by atomic mass is 35.5. The Morgan fingerprint density at radius 3 is 2.89 bits per heavy atom. The van der Waals surface area contributed by atoms with E-state index in [-0.39, 0.29) is 16.5 Å². The van der Waals surface area contributed by atoms with Crippen molar-refractivity contribution in [1.82, 2.24) is 4.90 Å². The van der Waals surface area contributed by atoms with Gasteiger partial charge in [-0.05, 0) is 25.0 Å². The van der Waals surface area contributed by atoms with Crippen LogP contribution in [0.5, 0.6) is 0 Å². The second kappa shape index (κ2) is 5.84. The molecule has 0 spiro atoms. The van der Waals surface area contributed by atoms with Gasteiger partial charge in [-0.1, -0.05) is 29.9 Å². The molecule has 1 aliphatic heterocycles. The molecule has 2 N–H and O–H groups in total. The van der Waals surface area contributed by atoms with E-state index in [0.717, 1.165) is 12.8 Å². The first-order valence-corrected chi connectivity index (χ1v) is 6.82. The molecule has 1 amide bonds. The van der Waals surface area contributed by atoms with Crippen molar-refractivity contribution < 1.29 is 9.18 Å². The molecule has 0 aliphatic carbocycles. The maximum absolute atomic E-state index is 13.7. The summed E-state index contributed by atoms with van der Waals surface area (Å²) in [4.78, 5) is 14.3. The smallest absolute Gasteiger partial charge is 0.258 e. The van der Waals surface area contributed by atoms with Crippen molar-refractivity contribution in [3.05, 3.63) is 34.6 Å². The van der Waals surface area contributed by atoms with Gasteiger partial charge in [0.15, 0.2) is 0 Å². The lowest BCUT2D eigenvalue weighted by Gasteiger charge is -2.32. The number of halogens is 2. The number of carbonyl (C=O) groups excluding carboxylic acids is 1. The molecule has 1 aromatic rings. The Balaban J connectivity index is 2.22. The minimum Gasteiger partial charge on any atom is -0.393 e. The molecule has 1 aromatic carbocycles. The number of rotatable bonds is 2. The SMILES string of the molecule is NC(=S)C1CCCN(C(=O)c2c(F)cccc2Cl)C1. The van der Waals surface area contributed by atoms with Crippen LogP contribution in [0.25, 0.3) is 0 Å². The Bertz CT molecular complexity index is 503. The Morgan fingerprint density at radius 2 is 2.26 bits per heavy atom. The molecule has 1 heterocycles. The Kier molecular flexibility index (Phi) is 4.37. The van der Waals surface area contributed by atoms with E-state index in [0.29, 0.717) is 18.1 Å². The maximum atomic E-state index is 13.7. The highest BCUT2D eigenvalue weighted by molar-refractivity contribution is 7.80. The van der Waals surface area contributed by atoms with Crippen molar-refractivity contribution >= 4 is 34.7 Å². The van der Waals surface area contributed by atoms with E-state index in [2.05, 4.69) is 0 Å². The summed E-state index contributed by atoms with van der Waals surface area (Å²) in [6.07, 6.45) is 1.67. The number of thiocarbonyl (C=S) groups is 1. The third-order valence-corrected chi connectivity index (χ3v) is 3.94. The first kappa shape index (κ1) is 14.2. The first-order valence-electron chi connectivity index (χ1n) is 6.03. The molecule has 6 heteroatoms. The number of nitrogens with two attached hydrogens (primary N) is 1. The summed E-state index contributed by atoms with van der Waals surface area (Å²) in [6, 6.07) is 4.21. The van der Waals surface area contributed by atoms with Gasteiger partial charge in [-0.3, -0.25) is 4.79 Å². The van der Waals surface area contributed by atoms with E-state index in [4.69, 9.17) is 29.6 Å². The molecular weight excluding hydrogens is 287 g/mol. The summed E-state index contributed by atoms with van der Waals surface area (Å²) >= 11 is 10.9. The molecule has 0 bridgehead atoms. The van der Waals surface area contributed by atoms with Gasteiger partial charge in [0, 0.05) is 19.0 Å². The third kappa shape index (κ3) is 3.04. The largest absolute Gasteiger partial charge is 0.393 e. The summed E-state index contributed by atoms with van der Waals surface area (Å²) in [5.41, 5.74) is 5.55. The summed E-state index contributed by atoms with van der Waals surface area (Å²) in [6.45, 7) is 1.00. The van der Waals surface area contributed by atoms with Gasteiger partial charge in [0.2, 0.25) is 0 Å². The van der Waals surface area contributed by atoms with Crippen LogP contribution in [0.2, 0.25) is 5.02 Å². The van der Waals surface area contributed by atoms with Crippen LogP contribution in [-0.4, -0.2) is 28.9 Å². The lowest BCUT2D eigenvalue weighted by Crippen LogP contribution is -2.43. The molecular formula is C13H14ClFN2OS. The minimum atomic E-state index is -0.602. The highest BCUT2D eigenvalue weighted by Gasteiger charge is 2.28. The summed E-state index contributed by atoms with van der Waals surface area (Å²) in [7, 11) is 0. The molecule has 1 saturated heterocycles. The van der Waals surface area contributed by atoms with Crippen molar-refractivity contribution in [1.29, 1.82) is 0 Å². The topological polar surface area (TPSA) is 46.3 Å². The van der Waals surface area contributed by atoms with Crippen molar-refractivity contribution in [3.8, 4) is 0 Å². The van der Waals surface area contributed by atoms with Gasteiger partial charge in [-0.25, -0.2) is 4.39 Å². The van der Waals surface area contributed by atoms with Gasteiger partial charge in [0.1, 0.15) is 5.82 Å². The van der Waals surface area contributed by atoms with Crippen molar-refractivity contribution in [2.45, 2.75) is 12.8 Å². The number of piperidine rings is 1. The predicted molar refractivity (Wildman–Crippen MR) is 76.8 cm³/mol. The van der Waals surface area contributed by atoms with E-state index in [1.165, 1.54) is 18.2 Å². The van der Waals surface area contributed by atoms with Gasteiger partial charge in [0.25, 0.3) is 5.91 Å². The van der Waals surface area contributed by atoms with Crippen LogP contribution < -0.4 is 5.73 Å². The average Bonchev–Trinajstić information content (AvgIpc) is 2.38. The van der Waals surface area contributed by atoms with Gasteiger partial charge < -0.3 is 10.6 Å². The second-order valence-electron chi connectivity index (χ2n) is 4.59. The van der Waals surface area contributed by atoms with Crippen LogP contribution in [0.15, 0.2) is 18.2 Å². The number of amides is 1. The Hall–Kier alpha value is -1.20. The molecule has 19 heavy (non-hydrogen) atoms. The molecule has 1 unspecified atom stereocenters. The van der Waals surface area contributed by atoms with E-state index < -0.39 is 11.7 Å². The summed E-state index contributed by atoms with van der Waals surface area (Å²) in [5, 5.41) is 0.127. The van der Waals surface area contributed by atoms with Gasteiger partial charge in [0.05, 0.1) is 15.6 Å². The zero-order valence-corrected chi connectivity index (χ0v) is 11.8. The zero-order valence-electron chi connectivity index (χ0n) is 10.2. The quantitative estimate of drug-likeness (QED) is 0.854. The minimum absolute atomic E-state index is 0.00162. The van der Waals surface area contributed by atoms with Crippen LogP contribution in [0.4, 0.5) is 4.39 Å². The molecule has 2 rings (SSSR count). The Labute approximate surface area is 121 Å². The van der Waals surface area contributed by atoms with E-state index in [1.807, 2.05) is 0 Å². The predicted octanol–water partition coefficient (Wildman–Crippen LogP) is 2.62. The number of benzene rings is 1. The van der Waals surface area contributed by atoms with Crippen molar-refractivity contribution in [2.75, 3.05) is 13.1 Å². The van der Waals surface area contributed by atoms with Crippen LogP contribution >= 0.6 is 23.8 Å². The number of hydrogen-bond donors (Lipinski definition) is 1. The van der Waals surface area contributed by atoms with Gasteiger partial charge in [-0.2, -0.15) is 0 Å². The molecule has 102 valence electrons. The highest BCUT2D eigenvalue weighted by Crippen LogP contribution is 2.24. The normalized spacial score (nSPS) is 19.3. The average molecular weight is 301 g/mol. The molecule has 0 aromatic heterocycles. The number of nitrogens with zero attached hydrogens (tertiary/aromatic N) is 1. The van der Waals surface area contributed by atoms with Crippen molar-refractivity contribution in [3.63, 3.8) is 0 Å². The number of hydrogen-bond acceptors (Lipinski definition) is 2. The fourth-order valence-electron chi connectivity index (χ4n) is 2.25.